The van der Waals surface area contributed by atoms with Gasteiger partial charge in [0.25, 0.3) is 0 Å². The van der Waals surface area contributed by atoms with E-state index in [0.717, 1.165) is 28.4 Å². The molecule has 4 aromatic rings. The number of aryl methyl sites for hydroxylation is 1. The van der Waals surface area contributed by atoms with Crippen molar-refractivity contribution in [3.05, 3.63) is 92.9 Å². The summed E-state index contributed by atoms with van der Waals surface area (Å²) >= 11 is 0. The zero-order valence-electron chi connectivity index (χ0n) is 157. The molecular formula is C97H153N7O16. The van der Waals surface area contributed by atoms with Gasteiger partial charge in [0, 0.05) is 189 Å². The third-order valence-corrected chi connectivity index (χ3v) is 18.3. The molecule has 12 rings (SSSR count). The Balaban J connectivity index is 0.000000303. The van der Waals surface area contributed by atoms with Gasteiger partial charge in [0.05, 0.1) is 86.9 Å². The summed E-state index contributed by atoms with van der Waals surface area (Å²) in [6, 6.07) is -30.2. The first-order chi connectivity index (χ1) is 92.2. The molecular weight excluding hydrogens is 1520 g/mol. The van der Waals surface area contributed by atoms with E-state index >= 15 is 0 Å². The molecule has 23 nitrogen and oxygen atoms in total. The van der Waals surface area contributed by atoms with Gasteiger partial charge in [0.15, 0.2) is 46.0 Å². The molecule has 0 spiro atoms. The highest BCUT2D eigenvalue weighted by Gasteiger charge is 2.48. The Morgan fingerprint density at radius 1 is 0.433 bits per heavy atom. The van der Waals surface area contributed by atoms with E-state index in [9.17, 15) is 34.3 Å². The van der Waals surface area contributed by atoms with Gasteiger partial charge in [-0.05, 0) is 228 Å². The summed E-state index contributed by atoms with van der Waals surface area (Å²) in [5, 5.41) is 0. The average molecular weight is 1760 g/mol. The molecule has 0 amide bonds. The Morgan fingerprint density at radius 3 is 1.09 bits per heavy atom. The lowest BCUT2D eigenvalue weighted by Crippen LogP contribution is -2.51. The minimum Gasteiger partial charge on any atom is -0.493 e. The van der Waals surface area contributed by atoms with Gasteiger partial charge in [0.1, 0.15) is 48.4 Å². The summed E-state index contributed by atoms with van der Waals surface area (Å²) in [4.78, 5) is 55.9. The molecule has 3 saturated heterocycles. The minimum absolute atomic E-state index is 0.0184. The van der Waals surface area contributed by atoms with Crippen LogP contribution in [0.5, 0.6) is 46.0 Å². The molecule has 0 radical (unpaired) electrons. The van der Waals surface area contributed by atoms with Gasteiger partial charge in [0.2, 0.25) is 0 Å². The van der Waals surface area contributed by atoms with Gasteiger partial charge in [-0.25, -0.2) is 0 Å². The third kappa shape index (κ3) is 23.9. The minimum atomic E-state index is -4.26. The van der Waals surface area contributed by atoms with Gasteiger partial charge >= 0.3 is 23.9 Å². The van der Waals surface area contributed by atoms with Gasteiger partial charge in [-0.3, -0.25) is 33.9 Å². The van der Waals surface area contributed by atoms with Crippen LogP contribution in [0, 0.1) is 76.7 Å². The fourth-order valence-corrected chi connectivity index (χ4v) is 12.8. The van der Waals surface area contributed by atoms with E-state index in [1.165, 1.54) is 26.4 Å². The maximum absolute atomic E-state index is 13.8. The summed E-state index contributed by atoms with van der Waals surface area (Å²) in [6.07, 6.45) is -51.6. The fraction of sp³-hybridized carbons (Fsp3) is 0.711. The van der Waals surface area contributed by atoms with E-state index in [1.807, 2.05) is 0 Å². The van der Waals surface area contributed by atoms with Crippen LogP contribution in [0.2, 0.25) is 0 Å². The largest absolute Gasteiger partial charge is 0.493 e. The van der Waals surface area contributed by atoms with E-state index in [2.05, 4.69) is 0 Å². The highest BCUT2D eigenvalue weighted by molar-refractivity contribution is 5.77. The number of hydrogen-bond acceptors (Lipinski definition) is 23. The van der Waals surface area contributed by atoms with Gasteiger partial charge < -0.3 is 79.8 Å². The van der Waals surface area contributed by atoms with Crippen molar-refractivity contribution in [3.63, 3.8) is 0 Å². The summed E-state index contributed by atoms with van der Waals surface area (Å²) < 4.78 is 821. The number of carbonyl (C=O) groups is 4. The van der Waals surface area contributed by atoms with Crippen LogP contribution in [0.25, 0.3) is 0 Å². The molecule has 23 heteroatoms. The lowest BCUT2D eigenvalue weighted by atomic mass is 9.63. The summed E-state index contributed by atoms with van der Waals surface area (Å²) in [7, 11) is -0.444. The molecule has 1 saturated carbocycles. The maximum atomic E-state index is 13.8. The third-order valence-electron chi connectivity index (χ3n) is 18.3. The molecule has 4 aromatic carbocycles. The summed E-state index contributed by atoms with van der Waals surface area (Å²) in [6.45, 7) is -60.1. The molecule has 6 aliphatic heterocycles. The number of rotatable bonds is 28. The normalized spacial score (nSPS) is 49.4. The Bertz CT molecular complexity index is 8030. The van der Waals surface area contributed by atoms with Crippen molar-refractivity contribution in [1.82, 2.24) is 14.7 Å². The van der Waals surface area contributed by atoms with Crippen molar-refractivity contribution >= 4 is 23.9 Å². The molecule has 2 aliphatic carbocycles. The van der Waals surface area contributed by atoms with Crippen LogP contribution < -0.4 is 60.8 Å². The van der Waals surface area contributed by atoms with E-state index in [1.54, 1.807) is 0 Å². The van der Waals surface area contributed by atoms with Crippen molar-refractivity contribution in [2.75, 3.05) is 95.9 Å². The molecule has 17 unspecified atom stereocenters. The van der Waals surface area contributed by atoms with Crippen molar-refractivity contribution in [2.45, 2.75) is 272 Å². The Hall–Kier alpha value is -7.12. The first kappa shape index (κ1) is 31.5. The quantitative estimate of drug-likeness (QED) is 0.0303. The van der Waals surface area contributed by atoms with Gasteiger partial charge in [-0.1, -0.05) is 110 Å². The number of hydrogen-bond donors (Lipinski definition) is 4. The number of piperidine rings is 3. The highest BCUT2D eigenvalue weighted by atomic mass is 16.6. The fourth-order valence-electron chi connectivity index (χ4n) is 12.8. The molecule has 8 N–H and O–H groups in total. The van der Waals surface area contributed by atoms with Gasteiger partial charge in [-0.15, -0.1) is 0 Å². The van der Waals surface area contributed by atoms with Crippen molar-refractivity contribution in [2.24, 2.45) is 99.7 Å². The molecule has 4 fully saturated rings. The second kappa shape index (κ2) is 44.0. The van der Waals surface area contributed by atoms with E-state index in [-0.39, 0.29) is 39.7 Å². The molecule has 8 aliphatic rings. The second-order valence-electron chi connectivity index (χ2n) is 26.4. The maximum Gasteiger partial charge on any atom is 0.323 e. The van der Waals surface area contributed by atoms with Crippen LogP contribution in [0.15, 0.2) is 48.4 Å². The lowest BCUT2D eigenvalue weighted by molar-refractivity contribution is -0.161. The molecule has 0 bridgehead atoms. The number of carbonyl (C=O) groups excluding carboxylic acids is 4. The van der Waals surface area contributed by atoms with E-state index in [0.29, 0.717) is 38.2 Å². The Labute approximate surface area is 847 Å². The standard InChI is InChI=1S/C25H39NO4.3C24H38N2O4/c1-14(2)9-18-10-16-7-8-17-11-22(28-5)23(29-6)13-20(17)19(16)12-21(18)30-25(27)24(26)15(3)4;3*1-14(2)9-17-13-26-8-7-16-10-21(28-5)22(29-6)11-18(16)19(26)12-20(17)30-24(27)23(25)15(3)4/h11,13-16,18-19,21,24H,7-10,12,26H2,1-6H3;3*10-11,14-15,17,19-20,23H,7-9,12-13,25H2,1-6H3/t16?,18?,19?,21?,24-;3*17?,19?,20?,23-/m0000/s1/i1D3,3D3,4D3,9D2,10D2,12D2,14D,15D,18D,24D;2*1D3,3D3,4D3,5D3,7D2,8D2,9D2,10D,11D,14D,15D,19D,20D,23D;1D3,3D3,4D3,7D2,8D2,9D2,10D,11D,14D,15D,19D,20D,23D/t14?,16?,18?,19?,21?,24-;3*14?,17?,19?,20?,23-. The molecule has 672 valence electrons. The molecule has 0 aromatic heterocycles. The molecule has 21 atom stereocenters. The predicted octanol–water partition coefficient (Wildman–Crippen LogP) is 15.4. The van der Waals surface area contributed by atoms with Crippen LogP contribution in [0.4, 0.5) is 0 Å². The van der Waals surface area contributed by atoms with Crippen LogP contribution in [0.3, 0.4) is 0 Å². The van der Waals surface area contributed by atoms with Crippen molar-refractivity contribution < 1.29 is 201 Å². The van der Waals surface area contributed by atoms with E-state index in [4.69, 9.17) is 189 Å². The molecule has 120 heavy (non-hydrogen) atoms. The molecule has 6 heterocycles. The second-order valence-corrected chi connectivity index (χ2v) is 26.4. The van der Waals surface area contributed by atoms with Crippen LogP contribution >= 0.6 is 0 Å². The van der Waals surface area contributed by atoms with Crippen LogP contribution in [-0.2, 0) is 63.7 Å². The Kier molecular flexibility index (Phi) is 11.5. The predicted molar refractivity (Wildman–Crippen MR) is 472 cm³/mol. The number of benzene rings is 4. The number of fused-ring (bicyclic) bond motifs is 12. The summed E-state index contributed by atoms with van der Waals surface area (Å²) in [5.74, 6) is -60.6. The lowest BCUT2D eigenvalue weighted by Gasteiger charge is -2.47. The number of ether oxygens (including phenoxy) is 12. The Morgan fingerprint density at radius 2 is 0.758 bits per heavy atom. The number of nitrogens with two attached hydrogens (primary N) is 4. The SMILES string of the molecule is [2H]C1([2H])C2c3cc(OC)c(OC)cc3CCC2C([2H])([2H])C([2H])(C([2H])([2H])C([2H])(C)C([2H])([2H])[2H])C1OC(=O)[C@@]([2H])(N)C([2H])(C([2H])([2H])[2H])C([2H])([2H])[2H].[2H]c1c(OC)c(OC([2H])([2H])[2H])c([2H])c2c1C1([2H])CC([2H])(OC(=O)[C@@]([2H])(N)C([2H])(C([2H])([2H])[2H])C([2H])([2H])[2H])C(C([2H])([2H])C([2H])(C)C([2H])([2H])[2H])CN1C([2H])([2H])C2([2H])[2H].[2H]c1c(OC)c(OC([2H])([2H])[2H])c([2H])c2c1C1([2H])CC([2H])(OC(=O)[C@@]([2H])(N)C([2H])(C([2H])([2H])[2H])C([2H])([2H])[2H])C(C([2H])([2H])C([2H])(C)C([2H])([2H])[2H])CN1C([2H])([2H])C2([2H])[2H].[2H]c1c(OC)c(OC)c([2H])c2c1C1([2H])CC([2H])(OC(=O)[C@@]([2H])(N)C([2H])(C([2H])([2H])[2H])C([2H])([2H])[2H])C(C([2H])([2H])C([2H])(C)C([2H])([2H])[2H])CN1C([2H])([2H])C2([2H])[2H]. The average Bonchev–Trinajstić information content (AvgIpc) is 0.668. The van der Waals surface area contributed by atoms with Gasteiger partial charge in [-0.2, -0.15) is 0 Å². The van der Waals surface area contributed by atoms with Crippen molar-refractivity contribution in [1.29, 1.82) is 0 Å². The number of methoxy groups -OCH3 is 8. The van der Waals surface area contributed by atoms with Crippen LogP contribution in [-0.4, -0.2) is 183 Å². The number of esters is 4. The number of nitrogens with zero attached hydrogens (tertiary/aromatic N) is 3. The topological polar surface area (TPSA) is 293 Å². The monoisotopic (exact) mass is 1760 g/mol. The van der Waals surface area contributed by atoms with Crippen molar-refractivity contribution in [3.8, 4) is 46.0 Å². The first-order valence-electron chi connectivity index (χ1n) is 80.9. The summed E-state index contributed by atoms with van der Waals surface area (Å²) in [5.41, 5.74) is 16.6. The first-order valence-corrected chi connectivity index (χ1v) is 35.4. The highest BCUT2D eigenvalue weighted by Crippen LogP contribution is 2.53. The van der Waals surface area contributed by atoms with E-state index < -0.39 is 489 Å². The zero-order valence-corrected chi connectivity index (χ0v) is 66.0. The smallest absolute Gasteiger partial charge is 0.323 e. The van der Waals surface area contributed by atoms with Crippen LogP contribution in [0.1, 0.15) is 367 Å². The zero-order chi connectivity index (χ0) is 167.